The van der Waals surface area contributed by atoms with Gasteiger partial charge in [-0.05, 0) is 41.3 Å². The first-order chi connectivity index (χ1) is 12.6. The molecule has 3 aromatic rings. The maximum absolute atomic E-state index is 12.9. The molecule has 0 atom stereocenters. The third-order valence-corrected chi connectivity index (χ3v) is 4.28. The molecule has 0 aliphatic rings. The van der Waals surface area contributed by atoms with Gasteiger partial charge in [-0.3, -0.25) is 9.59 Å². The van der Waals surface area contributed by atoms with Gasteiger partial charge in [0.25, 0.3) is 11.8 Å². The van der Waals surface area contributed by atoms with E-state index in [-0.39, 0.29) is 17.3 Å². The Labute approximate surface area is 153 Å². The number of anilines is 1. The molecule has 0 aliphatic carbocycles. The lowest BCUT2D eigenvalue weighted by molar-refractivity contribution is 0.0956. The molecule has 2 N–H and O–H groups in total. The molecule has 0 saturated carbocycles. The Morgan fingerprint density at radius 2 is 1.73 bits per heavy atom. The van der Waals surface area contributed by atoms with Crippen LogP contribution in [0.2, 0.25) is 0 Å². The Morgan fingerprint density at radius 3 is 2.46 bits per heavy atom. The lowest BCUT2D eigenvalue weighted by atomic mass is 10.1. The largest absolute Gasteiger partial charge is 0.321 e. The van der Waals surface area contributed by atoms with Gasteiger partial charge in [-0.1, -0.05) is 30.3 Å². The third-order valence-electron chi connectivity index (χ3n) is 3.41. The van der Waals surface area contributed by atoms with Crippen molar-refractivity contribution in [3.05, 3.63) is 87.9 Å². The predicted octanol–water partition coefficient (Wildman–Crippen LogP) is 3.90. The van der Waals surface area contributed by atoms with E-state index in [1.54, 1.807) is 53.9 Å². The first-order valence-electron chi connectivity index (χ1n) is 7.66. The van der Waals surface area contributed by atoms with Gasteiger partial charge in [0.1, 0.15) is 5.82 Å². The van der Waals surface area contributed by atoms with E-state index in [1.807, 2.05) is 0 Å². The summed E-state index contributed by atoms with van der Waals surface area (Å²) in [7, 11) is 0. The molecular weight excluding hydrogens is 353 g/mol. The lowest BCUT2D eigenvalue weighted by Gasteiger charge is -2.09. The van der Waals surface area contributed by atoms with Crippen LogP contribution in [0.15, 0.2) is 71.1 Å². The van der Waals surface area contributed by atoms with Gasteiger partial charge in [-0.2, -0.15) is 5.10 Å². The first-order valence-corrected chi connectivity index (χ1v) is 8.54. The van der Waals surface area contributed by atoms with E-state index in [9.17, 15) is 14.0 Å². The summed E-state index contributed by atoms with van der Waals surface area (Å²) in [5, 5.41) is 8.39. The van der Waals surface area contributed by atoms with Gasteiger partial charge in [0.2, 0.25) is 0 Å². The molecule has 0 radical (unpaired) electrons. The minimum atomic E-state index is -0.467. The number of carbonyl (C=O) groups excluding carboxylic acids is 2. The lowest BCUT2D eigenvalue weighted by Crippen LogP contribution is -2.21. The summed E-state index contributed by atoms with van der Waals surface area (Å²) in [6, 6.07) is 15.8. The minimum absolute atomic E-state index is 0.282. The van der Waals surface area contributed by atoms with Crippen LogP contribution in [-0.4, -0.2) is 18.0 Å². The molecule has 0 saturated heterocycles. The van der Waals surface area contributed by atoms with Gasteiger partial charge in [-0.15, -0.1) is 11.3 Å². The molecule has 2 aromatic carbocycles. The van der Waals surface area contributed by atoms with E-state index in [4.69, 9.17) is 0 Å². The summed E-state index contributed by atoms with van der Waals surface area (Å²) in [4.78, 5) is 25.1. The summed E-state index contributed by atoms with van der Waals surface area (Å²) in [5.41, 5.74) is 3.72. The van der Waals surface area contributed by atoms with Crippen LogP contribution in [0.5, 0.6) is 0 Å². The molecule has 3 rings (SSSR count). The summed E-state index contributed by atoms with van der Waals surface area (Å²) < 4.78 is 12.9. The fraction of sp³-hybridized carbons (Fsp3) is 0. The van der Waals surface area contributed by atoms with E-state index >= 15 is 0 Å². The van der Waals surface area contributed by atoms with Crippen molar-refractivity contribution in [2.24, 2.45) is 5.10 Å². The number of rotatable bonds is 5. The van der Waals surface area contributed by atoms with Crippen molar-refractivity contribution in [2.75, 3.05) is 5.32 Å². The Bertz CT molecular complexity index is 938. The number of halogens is 1. The maximum Gasteiger partial charge on any atom is 0.273 e. The van der Waals surface area contributed by atoms with Crippen molar-refractivity contribution in [1.82, 2.24) is 5.43 Å². The van der Waals surface area contributed by atoms with Gasteiger partial charge in [0.05, 0.1) is 22.3 Å². The van der Waals surface area contributed by atoms with Gasteiger partial charge in [0.15, 0.2) is 0 Å². The smallest absolute Gasteiger partial charge is 0.273 e. The second kappa shape index (κ2) is 8.17. The molecule has 7 heteroatoms. The number of amides is 2. The fourth-order valence-electron chi connectivity index (χ4n) is 2.16. The second-order valence-electron chi connectivity index (χ2n) is 5.23. The number of hydrogen-bond acceptors (Lipinski definition) is 4. The second-order valence-corrected chi connectivity index (χ2v) is 6.18. The van der Waals surface area contributed by atoms with Crippen LogP contribution in [0, 0.1) is 5.82 Å². The molecule has 2 amide bonds. The Balaban J connectivity index is 1.69. The number of para-hydroxylation sites is 1. The molecule has 1 heterocycles. The van der Waals surface area contributed by atoms with Gasteiger partial charge in [-0.25, -0.2) is 9.82 Å². The van der Waals surface area contributed by atoms with E-state index in [0.717, 1.165) is 0 Å². The molecule has 0 aliphatic heterocycles. The summed E-state index contributed by atoms with van der Waals surface area (Å²) >= 11 is 1.31. The van der Waals surface area contributed by atoms with Crippen LogP contribution in [0.4, 0.5) is 10.1 Å². The SMILES string of the molecule is O=C(Nc1ccccc1C(=O)N/N=C\c1ccc(F)cc1)c1cccs1. The third kappa shape index (κ3) is 4.40. The molecule has 0 spiro atoms. The van der Waals surface area contributed by atoms with Crippen LogP contribution in [0.1, 0.15) is 25.6 Å². The van der Waals surface area contributed by atoms with Crippen molar-refractivity contribution in [1.29, 1.82) is 0 Å². The van der Waals surface area contributed by atoms with Crippen molar-refractivity contribution in [3.63, 3.8) is 0 Å². The highest BCUT2D eigenvalue weighted by atomic mass is 32.1. The number of hydrazone groups is 1. The molecule has 26 heavy (non-hydrogen) atoms. The molecule has 0 fully saturated rings. The topological polar surface area (TPSA) is 70.6 Å². The quantitative estimate of drug-likeness (QED) is 0.530. The van der Waals surface area contributed by atoms with Crippen molar-refractivity contribution >= 4 is 35.1 Å². The zero-order chi connectivity index (χ0) is 18.4. The van der Waals surface area contributed by atoms with Gasteiger partial charge < -0.3 is 5.32 Å². The average molecular weight is 367 g/mol. The van der Waals surface area contributed by atoms with Crippen LogP contribution < -0.4 is 10.7 Å². The van der Waals surface area contributed by atoms with Crippen LogP contribution in [-0.2, 0) is 0 Å². The van der Waals surface area contributed by atoms with Crippen molar-refractivity contribution < 1.29 is 14.0 Å². The summed E-state index contributed by atoms with van der Waals surface area (Å²) in [5.74, 6) is -1.10. The van der Waals surface area contributed by atoms with E-state index in [1.165, 1.54) is 29.7 Å². The first kappa shape index (κ1) is 17.5. The molecule has 5 nitrogen and oxygen atoms in total. The Kier molecular flexibility index (Phi) is 5.50. The molecule has 0 bridgehead atoms. The highest BCUT2D eigenvalue weighted by Crippen LogP contribution is 2.18. The molecule has 0 unspecified atom stereocenters. The number of carbonyl (C=O) groups is 2. The molecular formula is C19H14FN3O2S. The summed E-state index contributed by atoms with van der Waals surface area (Å²) in [6.07, 6.45) is 1.41. The van der Waals surface area contributed by atoms with Gasteiger partial charge in [0, 0.05) is 0 Å². The minimum Gasteiger partial charge on any atom is -0.321 e. The number of nitrogens with zero attached hydrogens (tertiary/aromatic N) is 1. The summed E-state index contributed by atoms with van der Waals surface area (Å²) in [6.45, 7) is 0. The zero-order valence-electron chi connectivity index (χ0n) is 13.5. The number of hydrogen-bond donors (Lipinski definition) is 2. The standard InChI is InChI=1S/C19H14FN3O2S/c20-14-9-7-13(8-10-14)12-21-23-18(24)15-4-1-2-5-16(15)22-19(25)17-6-3-11-26-17/h1-12H,(H,22,25)(H,23,24)/b21-12-. The Morgan fingerprint density at radius 1 is 0.962 bits per heavy atom. The highest BCUT2D eigenvalue weighted by molar-refractivity contribution is 7.12. The monoisotopic (exact) mass is 367 g/mol. The number of benzene rings is 2. The fourth-order valence-corrected chi connectivity index (χ4v) is 2.78. The molecule has 130 valence electrons. The number of thiophene rings is 1. The predicted molar refractivity (Wildman–Crippen MR) is 100 cm³/mol. The van der Waals surface area contributed by atoms with E-state index in [0.29, 0.717) is 16.1 Å². The maximum atomic E-state index is 12.9. The highest BCUT2D eigenvalue weighted by Gasteiger charge is 2.14. The van der Waals surface area contributed by atoms with Crippen LogP contribution in [0.25, 0.3) is 0 Å². The van der Waals surface area contributed by atoms with Gasteiger partial charge >= 0.3 is 0 Å². The zero-order valence-corrected chi connectivity index (χ0v) is 14.3. The van der Waals surface area contributed by atoms with Crippen molar-refractivity contribution in [2.45, 2.75) is 0 Å². The van der Waals surface area contributed by atoms with Crippen molar-refractivity contribution in [3.8, 4) is 0 Å². The van der Waals surface area contributed by atoms with Crippen LogP contribution >= 0.6 is 11.3 Å². The molecule has 1 aromatic heterocycles. The van der Waals surface area contributed by atoms with E-state index < -0.39 is 5.91 Å². The van der Waals surface area contributed by atoms with E-state index in [2.05, 4.69) is 15.8 Å². The number of nitrogens with one attached hydrogen (secondary N) is 2. The van der Waals surface area contributed by atoms with Crippen LogP contribution in [0.3, 0.4) is 0 Å². The average Bonchev–Trinajstić information content (AvgIpc) is 3.18. The normalized spacial score (nSPS) is 10.7. The Hall–Kier alpha value is -3.32.